The second-order valence-electron chi connectivity index (χ2n) is 5.13. The minimum atomic E-state index is -0.733. The Hall–Kier alpha value is -1.69. The standard InChI is InChI=1S/C13H20N4O2/c1-14-11-8-15-10(7-16-11)12(18)17(2)9-13(19)5-3-4-6-13/h7-8,19H,3-6,9H2,1-2H3,(H,14,16). The molecule has 1 aliphatic rings. The highest BCUT2D eigenvalue weighted by atomic mass is 16.3. The Bertz CT molecular complexity index is 440. The summed E-state index contributed by atoms with van der Waals surface area (Å²) in [6.45, 7) is 0.349. The summed E-state index contributed by atoms with van der Waals surface area (Å²) in [6, 6.07) is 0. The number of aromatic nitrogens is 2. The van der Waals surface area contributed by atoms with Crippen LogP contribution < -0.4 is 5.32 Å². The lowest BCUT2D eigenvalue weighted by Crippen LogP contribution is -2.42. The van der Waals surface area contributed by atoms with Gasteiger partial charge in [-0.3, -0.25) is 4.79 Å². The second-order valence-corrected chi connectivity index (χ2v) is 5.13. The summed E-state index contributed by atoms with van der Waals surface area (Å²) in [5.74, 6) is 0.407. The molecule has 0 atom stereocenters. The van der Waals surface area contributed by atoms with E-state index in [2.05, 4.69) is 15.3 Å². The van der Waals surface area contributed by atoms with Gasteiger partial charge in [0.15, 0.2) is 0 Å². The highest BCUT2D eigenvalue weighted by Gasteiger charge is 2.33. The van der Waals surface area contributed by atoms with Gasteiger partial charge in [0.25, 0.3) is 5.91 Å². The smallest absolute Gasteiger partial charge is 0.273 e. The van der Waals surface area contributed by atoms with Gasteiger partial charge in [-0.05, 0) is 12.8 Å². The van der Waals surface area contributed by atoms with E-state index in [1.807, 2.05) is 0 Å². The number of amides is 1. The third-order valence-electron chi connectivity index (χ3n) is 3.54. The van der Waals surface area contributed by atoms with E-state index in [1.54, 1.807) is 14.1 Å². The SMILES string of the molecule is CNc1cnc(C(=O)N(C)CC2(O)CCCC2)cn1. The molecule has 1 aliphatic carbocycles. The molecule has 1 saturated carbocycles. The number of hydrogen-bond donors (Lipinski definition) is 2. The van der Waals surface area contributed by atoms with Crippen LogP contribution in [0.1, 0.15) is 36.2 Å². The molecule has 1 fully saturated rings. The predicted octanol–water partition coefficient (Wildman–Crippen LogP) is 0.895. The fourth-order valence-electron chi connectivity index (χ4n) is 2.47. The molecule has 0 bridgehead atoms. The summed E-state index contributed by atoms with van der Waals surface area (Å²) in [5, 5.41) is 13.1. The van der Waals surface area contributed by atoms with E-state index < -0.39 is 5.60 Å². The van der Waals surface area contributed by atoms with Gasteiger partial charge in [-0.1, -0.05) is 12.8 Å². The molecule has 0 unspecified atom stereocenters. The van der Waals surface area contributed by atoms with Crippen LogP contribution in [0.5, 0.6) is 0 Å². The number of rotatable bonds is 4. The van der Waals surface area contributed by atoms with Crippen LogP contribution in [0.2, 0.25) is 0 Å². The molecular weight excluding hydrogens is 244 g/mol. The summed E-state index contributed by atoms with van der Waals surface area (Å²) in [6.07, 6.45) is 6.53. The molecule has 0 spiro atoms. The number of hydrogen-bond acceptors (Lipinski definition) is 5. The molecule has 6 nitrogen and oxygen atoms in total. The minimum Gasteiger partial charge on any atom is -0.388 e. The topological polar surface area (TPSA) is 78.4 Å². The summed E-state index contributed by atoms with van der Waals surface area (Å²) in [7, 11) is 3.43. The van der Waals surface area contributed by atoms with Gasteiger partial charge in [-0.2, -0.15) is 0 Å². The Kier molecular flexibility index (Phi) is 3.99. The van der Waals surface area contributed by atoms with E-state index in [0.29, 0.717) is 18.1 Å². The molecule has 6 heteroatoms. The molecule has 1 heterocycles. The lowest BCUT2D eigenvalue weighted by molar-refractivity contribution is 0.0154. The maximum atomic E-state index is 12.2. The molecule has 2 rings (SSSR count). The van der Waals surface area contributed by atoms with Crippen molar-refractivity contribution in [2.75, 3.05) is 26.0 Å². The van der Waals surface area contributed by atoms with Crippen LogP contribution in [0.3, 0.4) is 0 Å². The summed E-state index contributed by atoms with van der Waals surface area (Å²) in [4.78, 5) is 21.8. The van der Waals surface area contributed by atoms with Gasteiger partial charge in [-0.15, -0.1) is 0 Å². The fourth-order valence-corrected chi connectivity index (χ4v) is 2.47. The molecule has 1 aromatic heterocycles. The van der Waals surface area contributed by atoms with Crippen molar-refractivity contribution < 1.29 is 9.90 Å². The van der Waals surface area contributed by atoms with Gasteiger partial charge in [0.2, 0.25) is 0 Å². The van der Waals surface area contributed by atoms with Crippen LogP contribution in [0.25, 0.3) is 0 Å². The van der Waals surface area contributed by atoms with Crippen LogP contribution in [0, 0.1) is 0 Å². The third-order valence-corrected chi connectivity index (χ3v) is 3.54. The number of carbonyl (C=O) groups is 1. The van der Waals surface area contributed by atoms with Gasteiger partial charge >= 0.3 is 0 Å². The monoisotopic (exact) mass is 264 g/mol. The maximum Gasteiger partial charge on any atom is 0.273 e. The molecule has 0 radical (unpaired) electrons. The van der Waals surface area contributed by atoms with E-state index in [1.165, 1.54) is 17.3 Å². The van der Waals surface area contributed by atoms with Gasteiger partial charge in [-0.25, -0.2) is 9.97 Å². The van der Waals surface area contributed by atoms with E-state index >= 15 is 0 Å². The number of likely N-dealkylation sites (N-methyl/N-ethyl adjacent to an activating group) is 1. The Labute approximate surface area is 112 Å². The zero-order chi connectivity index (χ0) is 13.9. The number of nitrogens with one attached hydrogen (secondary N) is 1. The van der Waals surface area contributed by atoms with Crippen LogP contribution in [0.4, 0.5) is 5.82 Å². The van der Waals surface area contributed by atoms with Gasteiger partial charge in [0, 0.05) is 20.6 Å². The molecule has 19 heavy (non-hydrogen) atoms. The number of nitrogens with zero attached hydrogens (tertiary/aromatic N) is 3. The minimum absolute atomic E-state index is 0.213. The highest BCUT2D eigenvalue weighted by molar-refractivity contribution is 5.91. The van der Waals surface area contributed by atoms with Crippen LogP contribution in [-0.2, 0) is 0 Å². The Balaban J connectivity index is 2.01. The average molecular weight is 264 g/mol. The number of carbonyl (C=O) groups excluding carboxylic acids is 1. The first-order chi connectivity index (χ1) is 9.04. The first-order valence-corrected chi connectivity index (χ1v) is 6.52. The maximum absolute atomic E-state index is 12.2. The summed E-state index contributed by atoms with van der Waals surface area (Å²) < 4.78 is 0. The van der Waals surface area contributed by atoms with Crippen molar-refractivity contribution in [2.45, 2.75) is 31.3 Å². The molecule has 1 aromatic rings. The molecular formula is C13H20N4O2. The summed E-state index contributed by atoms with van der Waals surface area (Å²) in [5.41, 5.74) is -0.439. The normalized spacial score (nSPS) is 17.2. The highest BCUT2D eigenvalue weighted by Crippen LogP contribution is 2.30. The summed E-state index contributed by atoms with van der Waals surface area (Å²) >= 11 is 0. The number of anilines is 1. The van der Waals surface area contributed by atoms with Crippen molar-refractivity contribution in [1.82, 2.24) is 14.9 Å². The Morgan fingerprint density at radius 1 is 1.42 bits per heavy atom. The van der Waals surface area contributed by atoms with Crippen LogP contribution in [0.15, 0.2) is 12.4 Å². The van der Waals surface area contributed by atoms with Crippen molar-refractivity contribution in [3.63, 3.8) is 0 Å². The van der Waals surface area contributed by atoms with Crippen molar-refractivity contribution in [2.24, 2.45) is 0 Å². The molecule has 1 amide bonds. The van der Waals surface area contributed by atoms with E-state index in [9.17, 15) is 9.90 Å². The fraction of sp³-hybridized carbons (Fsp3) is 0.615. The predicted molar refractivity (Wildman–Crippen MR) is 72.0 cm³/mol. The van der Waals surface area contributed by atoms with E-state index in [-0.39, 0.29) is 5.91 Å². The van der Waals surface area contributed by atoms with Gasteiger partial charge in [0.1, 0.15) is 11.5 Å². The Morgan fingerprint density at radius 3 is 2.63 bits per heavy atom. The van der Waals surface area contributed by atoms with E-state index in [4.69, 9.17) is 0 Å². The van der Waals surface area contributed by atoms with Crippen molar-refractivity contribution in [3.8, 4) is 0 Å². The zero-order valence-corrected chi connectivity index (χ0v) is 11.4. The molecule has 0 aliphatic heterocycles. The van der Waals surface area contributed by atoms with Gasteiger partial charge in [0.05, 0.1) is 18.0 Å². The lowest BCUT2D eigenvalue weighted by atomic mass is 10.0. The van der Waals surface area contributed by atoms with Crippen LogP contribution in [-0.4, -0.2) is 52.1 Å². The van der Waals surface area contributed by atoms with Gasteiger partial charge < -0.3 is 15.3 Å². The largest absolute Gasteiger partial charge is 0.388 e. The second kappa shape index (κ2) is 5.52. The van der Waals surface area contributed by atoms with Crippen molar-refractivity contribution >= 4 is 11.7 Å². The lowest BCUT2D eigenvalue weighted by Gasteiger charge is -2.28. The first-order valence-electron chi connectivity index (χ1n) is 6.52. The molecule has 0 saturated heterocycles. The third kappa shape index (κ3) is 3.20. The van der Waals surface area contributed by atoms with E-state index in [0.717, 1.165) is 25.7 Å². The quantitative estimate of drug-likeness (QED) is 0.844. The number of aliphatic hydroxyl groups is 1. The average Bonchev–Trinajstić information content (AvgIpc) is 2.84. The molecule has 0 aromatic carbocycles. The molecule has 104 valence electrons. The first kappa shape index (κ1) is 13.7. The van der Waals surface area contributed by atoms with Crippen molar-refractivity contribution in [1.29, 1.82) is 0 Å². The Morgan fingerprint density at radius 2 is 2.11 bits per heavy atom. The van der Waals surface area contributed by atoms with Crippen LogP contribution >= 0.6 is 0 Å². The zero-order valence-electron chi connectivity index (χ0n) is 11.4. The molecule has 2 N–H and O–H groups in total. The van der Waals surface area contributed by atoms with Crippen molar-refractivity contribution in [3.05, 3.63) is 18.1 Å².